The largest absolute Gasteiger partial charge is 0.363 e. The molecule has 0 aliphatic carbocycles. The van der Waals surface area contributed by atoms with E-state index in [0.29, 0.717) is 18.0 Å². The van der Waals surface area contributed by atoms with Gasteiger partial charge in [0.05, 0.1) is 5.56 Å². The van der Waals surface area contributed by atoms with Crippen LogP contribution < -0.4 is 10.2 Å². The molecule has 1 N–H and O–H groups in total. The number of pyridine rings is 1. The number of amides is 1. The summed E-state index contributed by atoms with van der Waals surface area (Å²) in [6.07, 6.45) is 1.60. The van der Waals surface area contributed by atoms with Gasteiger partial charge in [-0.05, 0) is 18.1 Å². The number of aromatic nitrogens is 1. The fourth-order valence-electron chi connectivity index (χ4n) is 1.18. The zero-order chi connectivity index (χ0) is 12.1. The van der Waals surface area contributed by atoms with Gasteiger partial charge in [0, 0.05) is 26.8 Å². The maximum Gasteiger partial charge on any atom is 0.252 e. The van der Waals surface area contributed by atoms with Crippen LogP contribution in [0.3, 0.4) is 0 Å². The van der Waals surface area contributed by atoms with E-state index >= 15 is 0 Å². The highest BCUT2D eigenvalue weighted by Crippen LogP contribution is 2.07. The van der Waals surface area contributed by atoms with Crippen LogP contribution in [0.1, 0.15) is 24.2 Å². The van der Waals surface area contributed by atoms with Gasteiger partial charge >= 0.3 is 0 Å². The van der Waals surface area contributed by atoms with Gasteiger partial charge in [-0.15, -0.1) is 0 Å². The summed E-state index contributed by atoms with van der Waals surface area (Å²) in [5.41, 5.74) is 0.603. The van der Waals surface area contributed by atoms with Gasteiger partial charge in [0.25, 0.3) is 5.91 Å². The van der Waals surface area contributed by atoms with Crippen molar-refractivity contribution in [2.24, 2.45) is 5.92 Å². The van der Waals surface area contributed by atoms with E-state index in [-0.39, 0.29) is 5.91 Å². The molecule has 0 radical (unpaired) electrons. The summed E-state index contributed by atoms with van der Waals surface area (Å²) < 4.78 is 0. The monoisotopic (exact) mass is 221 g/mol. The summed E-state index contributed by atoms with van der Waals surface area (Å²) in [5.74, 6) is 1.24. The predicted molar refractivity (Wildman–Crippen MR) is 65.7 cm³/mol. The second kappa shape index (κ2) is 5.49. The highest BCUT2D eigenvalue weighted by Gasteiger charge is 2.06. The van der Waals surface area contributed by atoms with Gasteiger partial charge in [0.2, 0.25) is 0 Å². The molecule has 0 unspecified atom stereocenters. The molecule has 16 heavy (non-hydrogen) atoms. The summed E-state index contributed by atoms with van der Waals surface area (Å²) in [6, 6.07) is 3.63. The molecule has 1 heterocycles. The molecule has 0 bridgehead atoms. The van der Waals surface area contributed by atoms with Gasteiger partial charge in [0.15, 0.2) is 0 Å². The Bertz CT molecular complexity index is 344. The Kier molecular flexibility index (Phi) is 4.28. The van der Waals surface area contributed by atoms with Gasteiger partial charge in [0.1, 0.15) is 5.82 Å². The molecule has 0 aliphatic rings. The molecule has 0 fully saturated rings. The van der Waals surface area contributed by atoms with E-state index in [1.54, 1.807) is 12.3 Å². The minimum absolute atomic E-state index is 0.0634. The number of carbonyl (C=O) groups is 1. The predicted octanol–water partition coefficient (Wildman–Crippen LogP) is 1.53. The molecular formula is C12H19N3O. The number of anilines is 1. The molecule has 4 heteroatoms. The van der Waals surface area contributed by atoms with Crippen LogP contribution in [-0.4, -0.2) is 31.5 Å². The minimum Gasteiger partial charge on any atom is -0.363 e. The van der Waals surface area contributed by atoms with Crippen molar-refractivity contribution in [3.63, 3.8) is 0 Å². The van der Waals surface area contributed by atoms with Gasteiger partial charge < -0.3 is 10.2 Å². The second-order valence-corrected chi connectivity index (χ2v) is 4.40. The Morgan fingerprint density at radius 2 is 2.12 bits per heavy atom. The third kappa shape index (κ3) is 3.53. The van der Waals surface area contributed by atoms with Crippen LogP contribution in [0.2, 0.25) is 0 Å². The van der Waals surface area contributed by atoms with Crippen LogP contribution in [0.25, 0.3) is 0 Å². The molecule has 0 saturated carbocycles. The van der Waals surface area contributed by atoms with Crippen LogP contribution in [0.4, 0.5) is 5.82 Å². The maximum atomic E-state index is 11.7. The van der Waals surface area contributed by atoms with E-state index < -0.39 is 0 Å². The molecule has 4 nitrogen and oxygen atoms in total. The van der Waals surface area contributed by atoms with Crippen molar-refractivity contribution in [3.05, 3.63) is 23.9 Å². The maximum absolute atomic E-state index is 11.7. The van der Waals surface area contributed by atoms with Crippen LogP contribution in [0, 0.1) is 5.92 Å². The molecule has 0 saturated heterocycles. The SMILES string of the molecule is CC(C)CNC(=O)c1ccc(N(C)C)nc1. The topological polar surface area (TPSA) is 45.2 Å². The number of hydrogen-bond acceptors (Lipinski definition) is 3. The van der Waals surface area contributed by atoms with E-state index in [4.69, 9.17) is 0 Å². The van der Waals surface area contributed by atoms with E-state index in [1.807, 2.05) is 25.1 Å². The van der Waals surface area contributed by atoms with Crippen LogP contribution >= 0.6 is 0 Å². The highest BCUT2D eigenvalue weighted by molar-refractivity contribution is 5.94. The first-order valence-corrected chi connectivity index (χ1v) is 5.42. The average Bonchev–Trinajstić information content (AvgIpc) is 2.26. The Hall–Kier alpha value is -1.58. The van der Waals surface area contributed by atoms with Crippen LogP contribution in [0.15, 0.2) is 18.3 Å². The molecule has 1 amide bonds. The van der Waals surface area contributed by atoms with Crippen molar-refractivity contribution < 1.29 is 4.79 Å². The van der Waals surface area contributed by atoms with E-state index in [9.17, 15) is 4.79 Å². The fourth-order valence-corrected chi connectivity index (χ4v) is 1.18. The first-order chi connectivity index (χ1) is 7.50. The Labute approximate surface area is 96.7 Å². The summed E-state index contributed by atoms with van der Waals surface area (Å²) >= 11 is 0. The number of hydrogen-bond donors (Lipinski definition) is 1. The van der Waals surface area contributed by atoms with Gasteiger partial charge in [-0.1, -0.05) is 13.8 Å². The van der Waals surface area contributed by atoms with Crippen LogP contribution in [-0.2, 0) is 0 Å². The standard InChI is InChI=1S/C12H19N3O/c1-9(2)7-14-12(16)10-5-6-11(13-8-10)15(3)4/h5-6,8-9H,7H2,1-4H3,(H,14,16). The van der Waals surface area contributed by atoms with Crippen molar-refractivity contribution in [1.29, 1.82) is 0 Å². The summed E-state index contributed by atoms with van der Waals surface area (Å²) in [7, 11) is 3.84. The Balaban J connectivity index is 2.63. The Morgan fingerprint density at radius 3 is 2.56 bits per heavy atom. The van der Waals surface area contributed by atoms with Crippen molar-refractivity contribution in [1.82, 2.24) is 10.3 Å². The van der Waals surface area contributed by atoms with Gasteiger partial charge in [-0.3, -0.25) is 4.79 Å². The van der Waals surface area contributed by atoms with Crippen molar-refractivity contribution in [2.75, 3.05) is 25.5 Å². The molecule has 88 valence electrons. The van der Waals surface area contributed by atoms with Crippen molar-refractivity contribution >= 4 is 11.7 Å². The highest BCUT2D eigenvalue weighted by atomic mass is 16.1. The minimum atomic E-state index is -0.0634. The molecule has 0 atom stereocenters. The fraction of sp³-hybridized carbons (Fsp3) is 0.500. The lowest BCUT2D eigenvalue weighted by atomic mass is 10.2. The van der Waals surface area contributed by atoms with Gasteiger partial charge in [-0.2, -0.15) is 0 Å². The van der Waals surface area contributed by atoms with Crippen molar-refractivity contribution in [2.45, 2.75) is 13.8 Å². The van der Waals surface area contributed by atoms with E-state index in [0.717, 1.165) is 5.82 Å². The van der Waals surface area contributed by atoms with E-state index in [1.165, 1.54) is 0 Å². The van der Waals surface area contributed by atoms with Crippen LogP contribution in [0.5, 0.6) is 0 Å². The summed E-state index contributed by atoms with van der Waals surface area (Å²) in [6.45, 7) is 4.82. The average molecular weight is 221 g/mol. The smallest absolute Gasteiger partial charge is 0.252 e. The molecule has 1 rings (SSSR count). The first-order valence-electron chi connectivity index (χ1n) is 5.42. The molecule has 0 aliphatic heterocycles. The third-order valence-electron chi connectivity index (χ3n) is 2.14. The number of rotatable bonds is 4. The van der Waals surface area contributed by atoms with Crippen molar-refractivity contribution in [3.8, 4) is 0 Å². The first kappa shape index (κ1) is 12.5. The normalized spacial score (nSPS) is 10.3. The quantitative estimate of drug-likeness (QED) is 0.838. The van der Waals surface area contributed by atoms with Gasteiger partial charge in [-0.25, -0.2) is 4.98 Å². The second-order valence-electron chi connectivity index (χ2n) is 4.40. The Morgan fingerprint density at radius 1 is 1.44 bits per heavy atom. The zero-order valence-corrected chi connectivity index (χ0v) is 10.3. The molecule has 1 aromatic heterocycles. The summed E-state index contributed by atoms with van der Waals surface area (Å²) in [4.78, 5) is 17.8. The van der Waals surface area contributed by atoms with E-state index in [2.05, 4.69) is 24.1 Å². The molecule has 0 spiro atoms. The molecular weight excluding hydrogens is 202 g/mol. The lowest BCUT2D eigenvalue weighted by Gasteiger charge is -2.11. The lowest BCUT2D eigenvalue weighted by Crippen LogP contribution is -2.27. The molecule has 1 aromatic rings. The molecule has 0 aromatic carbocycles. The number of carbonyl (C=O) groups excluding carboxylic acids is 1. The third-order valence-corrected chi connectivity index (χ3v) is 2.14. The summed E-state index contributed by atoms with van der Waals surface area (Å²) in [5, 5.41) is 2.85. The zero-order valence-electron chi connectivity index (χ0n) is 10.3. The number of nitrogens with zero attached hydrogens (tertiary/aromatic N) is 2. The number of nitrogens with one attached hydrogen (secondary N) is 1. The lowest BCUT2D eigenvalue weighted by molar-refractivity contribution is 0.0948.